The van der Waals surface area contributed by atoms with Crippen LogP contribution >= 0.6 is 15.9 Å². The lowest BCUT2D eigenvalue weighted by atomic mass is 10.3. The minimum absolute atomic E-state index is 0.136. The monoisotopic (exact) mass is 289 g/mol. The number of benzene rings is 1. The van der Waals surface area contributed by atoms with Gasteiger partial charge < -0.3 is 0 Å². The second kappa shape index (κ2) is 4.88. The fourth-order valence-electron chi connectivity index (χ4n) is 0.978. The number of nitrogens with one attached hydrogen (secondary N) is 1. The van der Waals surface area contributed by atoms with Gasteiger partial charge in [0.1, 0.15) is 0 Å². The molecule has 0 aliphatic carbocycles. The lowest BCUT2D eigenvalue weighted by Gasteiger charge is -2.16. The van der Waals surface area contributed by atoms with E-state index in [1.54, 1.807) is 0 Å². The first kappa shape index (κ1) is 12.4. The lowest BCUT2D eigenvalue weighted by Crippen LogP contribution is -2.47. The quantitative estimate of drug-likeness (QED) is 0.318. The van der Waals surface area contributed by atoms with Gasteiger partial charge in [0.05, 0.1) is 10.6 Å². The number of carbonyl (C=O) groups excluding carboxylic acids is 1. The molecule has 0 saturated carbocycles. The average molecular weight is 290 g/mol. The first-order valence-electron chi connectivity index (χ1n) is 3.96. The van der Waals surface area contributed by atoms with Crippen molar-refractivity contribution in [1.82, 2.24) is 5.43 Å². The molecule has 0 atom stereocenters. The lowest BCUT2D eigenvalue weighted by molar-refractivity contribution is -0.384. The van der Waals surface area contributed by atoms with Gasteiger partial charge in [0.15, 0.2) is 0 Å². The Bertz CT molecular complexity index is 438. The zero-order valence-corrected chi connectivity index (χ0v) is 9.47. The van der Waals surface area contributed by atoms with Crippen LogP contribution in [0.15, 0.2) is 22.7 Å². The summed E-state index contributed by atoms with van der Waals surface area (Å²) in [6, 6.07) is 3.05. The third kappa shape index (κ3) is 2.45. The van der Waals surface area contributed by atoms with E-state index >= 15 is 0 Å². The van der Waals surface area contributed by atoms with E-state index in [4.69, 9.17) is 11.7 Å². The summed E-state index contributed by atoms with van der Waals surface area (Å²) in [6.45, 7) is 0. The van der Waals surface area contributed by atoms with Crippen LogP contribution in [0.3, 0.4) is 0 Å². The molecule has 0 unspecified atom stereocenters. The summed E-state index contributed by atoms with van der Waals surface area (Å²) >= 11 is 3.11. The number of hydrazine groups is 2. The van der Waals surface area contributed by atoms with Gasteiger partial charge in [0.2, 0.25) is 0 Å². The number of nitrogens with zero attached hydrogens (tertiary/aromatic N) is 2. The number of anilines is 1. The Morgan fingerprint density at radius 1 is 1.56 bits per heavy atom. The Morgan fingerprint density at radius 3 is 2.69 bits per heavy atom. The van der Waals surface area contributed by atoms with Crippen molar-refractivity contribution in [3.05, 3.63) is 32.8 Å². The number of nitro groups is 1. The summed E-state index contributed by atoms with van der Waals surface area (Å²) in [6.07, 6.45) is 0. The van der Waals surface area contributed by atoms with Crippen LogP contribution in [0.5, 0.6) is 0 Å². The predicted octanol–water partition coefficient (Wildman–Crippen LogP) is 0.621. The van der Waals surface area contributed by atoms with Gasteiger partial charge in [0, 0.05) is 16.6 Å². The molecule has 5 N–H and O–H groups in total. The maximum absolute atomic E-state index is 11.1. The predicted molar refractivity (Wildman–Crippen MR) is 60.2 cm³/mol. The molecule has 2 amide bonds. The summed E-state index contributed by atoms with van der Waals surface area (Å²) in [7, 11) is 0. The number of non-ortho nitro benzene ring substituents is 1. The Morgan fingerprint density at radius 2 is 2.19 bits per heavy atom. The van der Waals surface area contributed by atoms with E-state index in [0.717, 1.165) is 6.07 Å². The third-order valence-electron chi connectivity index (χ3n) is 1.74. The molecule has 0 spiro atoms. The Kier molecular flexibility index (Phi) is 3.77. The van der Waals surface area contributed by atoms with Crippen molar-refractivity contribution >= 4 is 33.3 Å². The SMILES string of the molecule is NNC(=O)N(N)c1cc([N+](=O)[O-])ccc1Br. The highest BCUT2D eigenvalue weighted by molar-refractivity contribution is 9.10. The van der Waals surface area contributed by atoms with Gasteiger partial charge in [-0.1, -0.05) is 0 Å². The summed E-state index contributed by atoms with van der Waals surface area (Å²) in [5.74, 6) is 10.3. The van der Waals surface area contributed by atoms with Crippen molar-refractivity contribution in [1.29, 1.82) is 0 Å². The number of hydrogen-bond donors (Lipinski definition) is 3. The van der Waals surface area contributed by atoms with E-state index < -0.39 is 11.0 Å². The Labute approximate surface area is 98.4 Å². The second-order valence-corrected chi connectivity index (χ2v) is 3.57. The fraction of sp³-hybridized carbons (Fsp3) is 0. The molecule has 8 nitrogen and oxygen atoms in total. The molecule has 0 bridgehead atoms. The molecule has 16 heavy (non-hydrogen) atoms. The van der Waals surface area contributed by atoms with Crippen LogP contribution in [0.2, 0.25) is 0 Å². The van der Waals surface area contributed by atoms with E-state index in [0.29, 0.717) is 9.48 Å². The van der Waals surface area contributed by atoms with E-state index in [9.17, 15) is 14.9 Å². The van der Waals surface area contributed by atoms with Gasteiger partial charge >= 0.3 is 6.03 Å². The Hall–Kier alpha value is -1.71. The fourth-order valence-corrected chi connectivity index (χ4v) is 1.42. The standard InChI is InChI=1S/C7H8BrN5O3/c8-5-2-1-4(13(15)16)3-6(5)12(10)7(14)11-9/h1-3H,9-10H2,(H,11,14). The molecule has 1 rings (SSSR count). The maximum Gasteiger partial charge on any atom is 0.350 e. The van der Waals surface area contributed by atoms with Gasteiger partial charge in [-0.25, -0.2) is 21.5 Å². The zero-order valence-electron chi connectivity index (χ0n) is 7.88. The minimum atomic E-state index is -0.791. The third-order valence-corrected chi connectivity index (χ3v) is 2.41. The highest BCUT2D eigenvalue weighted by Crippen LogP contribution is 2.28. The Balaban J connectivity index is 3.16. The highest BCUT2D eigenvalue weighted by atomic mass is 79.9. The summed E-state index contributed by atoms with van der Waals surface area (Å²) in [5.41, 5.74) is 1.76. The highest BCUT2D eigenvalue weighted by Gasteiger charge is 2.17. The first-order valence-corrected chi connectivity index (χ1v) is 4.76. The summed E-state index contributed by atoms with van der Waals surface area (Å²) in [4.78, 5) is 21.1. The van der Waals surface area contributed by atoms with Gasteiger partial charge in [0.25, 0.3) is 5.69 Å². The molecular formula is C7H8BrN5O3. The van der Waals surface area contributed by atoms with Crippen LogP contribution in [-0.2, 0) is 0 Å². The number of hydrogen-bond acceptors (Lipinski definition) is 5. The van der Waals surface area contributed by atoms with E-state index in [-0.39, 0.29) is 11.4 Å². The van der Waals surface area contributed by atoms with Gasteiger partial charge in [-0.15, -0.1) is 0 Å². The van der Waals surface area contributed by atoms with Crippen LogP contribution in [0.1, 0.15) is 0 Å². The molecule has 0 heterocycles. The molecule has 1 aromatic rings. The van der Waals surface area contributed by atoms with E-state index in [2.05, 4.69) is 15.9 Å². The molecule has 0 radical (unpaired) electrons. The van der Waals surface area contributed by atoms with Crippen LogP contribution in [0.25, 0.3) is 0 Å². The average Bonchev–Trinajstić information content (AvgIpc) is 2.27. The molecular weight excluding hydrogens is 282 g/mol. The van der Waals surface area contributed by atoms with Crippen molar-refractivity contribution in [3.63, 3.8) is 0 Å². The summed E-state index contributed by atoms with van der Waals surface area (Å²) in [5, 5.41) is 11.2. The molecule has 0 aromatic heterocycles. The van der Waals surface area contributed by atoms with Crippen LogP contribution in [0, 0.1) is 10.1 Å². The van der Waals surface area contributed by atoms with Crippen LogP contribution in [0.4, 0.5) is 16.2 Å². The largest absolute Gasteiger partial charge is 0.350 e. The number of halogens is 1. The number of nitro benzene ring substituents is 1. The first-order chi connectivity index (χ1) is 7.47. The normalized spacial score (nSPS) is 9.69. The van der Waals surface area contributed by atoms with Crippen molar-refractivity contribution in [2.24, 2.45) is 11.7 Å². The smallest absolute Gasteiger partial charge is 0.274 e. The minimum Gasteiger partial charge on any atom is -0.274 e. The van der Waals surface area contributed by atoms with Crippen molar-refractivity contribution in [3.8, 4) is 0 Å². The molecule has 0 fully saturated rings. The molecule has 0 saturated heterocycles. The molecule has 86 valence electrons. The maximum atomic E-state index is 11.1. The summed E-state index contributed by atoms with van der Waals surface area (Å²) < 4.78 is 0.434. The van der Waals surface area contributed by atoms with Crippen molar-refractivity contribution in [2.45, 2.75) is 0 Å². The molecule has 0 aliphatic heterocycles. The van der Waals surface area contributed by atoms with Crippen LogP contribution < -0.4 is 22.1 Å². The van der Waals surface area contributed by atoms with Crippen molar-refractivity contribution < 1.29 is 9.72 Å². The van der Waals surface area contributed by atoms with E-state index in [1.165, 1.54) is 12.1 Å². The van der Waals surface area contributed by atoms with Gasteiger partial charge in [-0.05, 0) is 22.0 Å². The number of urea groups is 1. The van der Waals surface area contributed by atoms with Gasteiger partial charge in [-0.3, -0.25) is 15.5 Å². The number of amides is 2. The topological polar surface area (TPSA) is 128 Å². The number of nitrogens with two attached hydrogens (primary N) is 2. The molecule has 1 aromatic carbocycles. The molecule has 9 heteroatoms. The zero-order chi connectivity index (χ0) is 12.3. The number of rotatable bonds is 2. The number of carbonyl (C=O) groups is 1. The second-order valence-electron chi connectivity index (χ2n) is 2.71. The van der Waals surface area contributed by atoms with Crippen molar-refractivity contribution in [2.75, 3.05) is 5.01 Å². The van der Waals surface area contributed by atoms with E-state index in [1.807, 2.05) is 5.43 Å². The van der Waals surface area contributed by atoms with Crippen LogP contribution in [-0.4, -0.2) is 11.0 Å². The van der Waals surface area contributed by atoms with Gasteiger partial charge in [-0.2, -0.15) is 0 Å². The molecule has 0 aliphatic rings.